The maximum absolute atomic E-state index is 13.1. The van der Waals surface area contributed by atoms with Crippen LogP contribution in [0.4, 0.5) is 5.69 Å². The van der Waals surface area contributed by atoms with Crippen molar-refractivity contribution in [1.29, 1.82) is 0 Å². The summed E-state index contributed by atoms with van der Waals surface area (Å²) >= 11 is 0. The third-order valence-corrected chi connectivity index (χ3v) is 5.22. The van der Waals surface area contributed by atoms with Gasteiger partial charge in [0.05, 0.1) is 32.1 Å². The molecule has 0 spiro atoms. The Labute approximate surface area is 136 Å². The summed E-state index contributed by atoms with van der Waals surface area (Å²) in [6, 6.07) is 10.4. The topological polar surface area (TPSA) is 37.6 Å². The summed E-state index contributed by atoms with van der Waals surface area (Å²) in [4.78, 5) is 20.7. The van der Waals surface area contributed by atoms with Gasteiger partial charge in [0.15, 0.2) is 0 Å². The SMILES string of the molecule is Cc1ccc2c(c1)[C@H]1C[NH+](C)CC[C@H]1N2C(=O)c1ccncc1. The largest absolute Gasteiger partial charge is 0.337 e. The van der Waals surface area contributed by atoms with Gasteiger partial charge in [-0.25, -0.2) is 0 Å². The van der Waals surface area contributed by atoms with Crippen molar-refractivity contribution in [3.05, 3.63) is 59.4 Å². The molecule has 4 heteroatoms. The van der Waals surface area contributed by atoms with Gasteiger partial charge in [-0.1, -0.05) is 17.7 Å². The summed E-state index contributed by atoms with van der Waals surface area (Å²) in [5.74, 6) is 0.550. The average molecular weight is 308 g/mol. The lowest BCUT2D eigenvalue weighted by atomic mass is 9.89. The minimum absolute atomic E-state index is 0.101. The number of aromatic nitrogens is 1. The number of likely N-dealkylation sites (N-methyl/N-ethyl adjacent to an activating group) is 1. The van der Waals surface area contributed by atoms with Gasteiger partial charge in [0, 0.05) is 30.1 Å². The van der Waals surface area contributed by atoms with Crippen molar-refractivity contribution < 1.29 is 9.69 Å². The van der Waals surface area contributed by atoms with Crippen LogP contribution in [0.3, 0.4) is 0 Å². The van der Waals surface area contributed by atoms with Crippen molar-refractivity contribution in [3.63, 3.8) is 0 Å². The van der Waals surface area contributed by atoms with Gasteiger partial charge in [-0.15, -0.1) is 0 Å². The van der Waals surface area contributed by atoms with E-state index >= 15 is 0 Å². The highest BCUT2D eigenvalue weighted by Gasteiger charge is 2.45. The van der Waals surface area contributed by atoms with Crippen LogP contribution in [0.25, 0.3) is 0 Å². The molecule has 1 saturated heterocycles. The predicted octanol–water partition coefficient (Wildman–Crippen LogP) is 1.42. The van der Waals surface area contributed by atoms with Crippen LogP contribution in [0.15, 0.2) is 42.7 Å². The fourth-order valence-electron chi connectivity index (χ4n) is 4.10. The molecule has 1 aromatic carbocycles. The predicted molar refractivity (Wildman–Crippen MR) is 90.0 cm³/mol. The summed E-state index contributed by atoms with van der Waals surface area (Å²) < 4.78 is 0. The Bertz CT molecular complexity index is 744. The van der Waals surface area contributed by atoms with Gasteiger partial charge in [-0.05, 0) is 30.7 Å². The Kier molecular flexibility index (Phi) is 3.42. The lowest BCUT2D eigenvalue weighted by molar-refractivity contribution is -0.886. The molecule has 0 bridgehead atoms. The summed E-state index contributed by atoms with van der Waals surface area (Å²) in [7, 11) is 2.25. The quantitative estimate of drug-likeness (QED) is 0.865. The van der Waals surface area contributed by atoms with Crippen LogP contribution in [0.2, 0.25) is 0 Å². The molecular weight excluding hydrogens is 286 g/mol. The first kappa shape index (κ1) is 14.4. The first-order valence-electron chi connectivity index (χ1n) is 8.30. The summed E-state index contributed by atoms with van der Waals surface area (Å²) in [5.41, 5.74) is 4.43. The molecule has 4 nitrogen and oxygen atoms in total. The van der Waals surface area contributed by atoms with Crippen molar-refractivity contribution in [1.82, 2.24) is 4.98 Å². The van der Waals surface area contributed by atoms with Crippen molar-refractivity contribution in [2.45, 2.75) is 25.3 Å². The third-order valence-electron chi connectivity index (χ3n) is 5.22. The van der Waals surface area contributed by atoms with E-state index in [-0.39, 0.29) is 11.9 Å². The molecular formula is C19H22N3O+. The van der Waals surface area contributed by atoms with Crippen molar-refractivity contribution >= 4 is 11.6 Å². The Morgan fingerprint density at radius 1 is 1.26 bits per heavy atom. The molecule has 2 aliphatic rings. The molecule has 1 fully saturated rings. The zero-order valence-corrected chi connectivity index (χ0v) is 13.6. The van der Waals surface area contributed by atoms with Crippen LogP contribution >= 0.6 is 0 Å². The molecule has 2 aromatic rings. The van der Waals surface area contributed by atoms with E-state index in [1.807, 2.05) is 17.0 Å². The highest BCUT2D eigenvalue weighted by atomic mass is 16.2. The number of hydrogen-bond donors (Lipinski definition) is 1. The number of anilines is 1. The molecule has 0 aliphatic carbocycles. The number of likely N-dealkylation sites (tertiary alicyclic amines) is 1. The first-order chi connectivity index (χ1) is 11.1. The van der Waals surface area contributed by atoms with Crippen molar-refractivity contribution in [3.8, 4) is 0 Å². The normalized spacial score (nSPS) is 25.8. The van der Waals surface area contributed by atoms with Gasteiger partial charge < -0.3 is 9.80 Å². The maximum atomic E-state index is 13.1. The molecule has 3 heterocycles. The molecule has 0 saturated carbocycles. The molecule has 118 valence electrons. The smallest absolute Gasteiger partial charge is 0.258 e. The molecule has 4 rings (SSSR count). The van der Waals surface area contributed by atoms with Gasteiger partial charge in [0.1, 0.15) is 0 Å². The van der Waals surface area contributed by atoms with Gasteiger partial charge in [-0.2, -0.15) is 0 Å². The Hall–Kier alpha value is -2.20. The van der Waals surface area contributed by atoms with E-state index in [0.29, 0.717) is 5.92 Å². The molecule has 1 amide bonds. The minimum Gasteiger partial charge on any atom is -0.337 e. The molecule has 2 aliphatic heterocycles. The van der Waals surface area contributed by atoms with E-state index in [1.54, 1.807) is 17.3 Å². The molecule has 3 atom stereocenters. The first-order valence-corrected chi connectivity index (χ1v) is 8.30. The Balaban J connectivity index is 1.79. The highest BCUT2D eigenvalue weighted by molar-refractivity contribution is 6.08. The van der Waals surface area contributed by atoms with Crippen LogP contribution in [-0.2, 0) is 0 Å². The second-order valence-corrected chi connectivity index (χ2v) is 6.85. The lowest BCUT2D eigenvalue weighted by Gasteiger charge is -2.34. The number of nitrogens with one attached hydrogen (secondary N) is 1. The van der Waals surface area contributed by atoms with E-state index in [4.69, 9.17) is 0 Å². The molecule has 23 heavy (non-hydrogen) atoms. The summed E-state index contributed by atoms with van der Waals surface area (Å²) in [6.45, 7) is 4.34. The van der Waals surface area contributed by atoms with E-state index in [0.717, 1.165) is 30.8 Å². The Morgan fingerprint density at radius 2 is 2.04 bits per heavy atom. The van der Waals surface area contributed by atoms with Gasteiger partial charge >= 0.3 is 0 Å². The summed E-state index contributed by atoms with van der Waals surface area (Å²) in [6.07, 6.45) is 4.44. The number of amides is 1. The van der Waals surface area contributed by atoms with Crippen LogP contribution in [0.1, 0.15) is 33.8 Å². The number of benzene rings is 1. The monoisotopic (exact) mass is 308 g/mol. The molecule has 1 aromatic heterocycles. The van der Waals surface area contributed by atoms with E-state index in [1.165, 1.54) is 11.1 Å². The number of rotatable bonds is 1. The third kappa shape index (κ3) is 2.34. The number of quaternary nitrogens is 1. The molecule has 1 unspecified atom stereocenters. The van der Waals surface area contributed by atoms with E-state index in [9.17, 15) is 4.79 Å². The highest BCUT2D eigenvalue weighted by Crippen LogP contribution is 2.43. The number of carbonyl (C=O) groups is 1. The number of hydrogen-bond acceptors (Lipinski definition) is 2. The maximum Gasteiger partial charge on any atom is 0.258 e. The van der Waals surface area contributed by atoms with Crippen LogP contribution in [-0.4, -0.2) is 37.1 Å². The average Bonchev–Trinajstić information content (AvgIpc) is 2.88. The number of fused-ring (bicyclic) bond motifs is 3. The number of carbonyl (C=O) groups excluding carboxylic acids is 1. The number of nitrogens with zero attached hydrogens (tertiary/aromatic N) is 2. The fourth-order valence-corrected chi connectivity index (χ4v) is 4.10. The van der Waals surface area contributed by atoms with Crippen LogP contribution in [0, 0.1) is 6.92 Å². The van der Waals surface area contributed by atoms with Crippen molar-refractivity contribution in [2.75, 3.05) is 25.0 Å². The second kappa shape index (κ2) is 5.46. The molecule has 0 radical (unpaired) electrons. The standard InChI is InChI=1S/C19H21N3O/c1-13-3-4-17-15(11-13)16-12-21(2)10-7-18(16)22(17)19(23)14-5-8-20-9-6-14/h3-6,8-9,11,16,18H,7,10,12H2,1-2H3/p+1/t16-,18-/m1/s1. The fraction of sp³-hybridized carbons (Fsp3) is 0.368. The van der Waals surface area contributed by atoms with Gasteiger partial charge in [0.25, 0.3) is 5.91 Å². The van der Waals surface area contributed by atoms with Gasteiger partial charge in [-0.3, -0.25) is 9.78 Å². The van der Waals surface area contributed by atoms with E-state index in [2.05, 4.69) is 37.2 Å². The van der Waals surface area contributed by atoms with Crippen LogP contribution in [0.5, 0.6) is 0 Å². The number of aryl methyl sites for hydroxylation is 1. The zero-order valence-electron chi connectivity index (χ0n) is 13.6. The zero-order chi connectivity index (χ0) is 16.0. The Morgan fingerprint density at radius 3 is 2.83 bits per heavy atom. The van der Waals surface area contributed by atoms with Gasteiger partial charge in [0.2, 0.25) is 0 Å². The van der Waals surface area contributed by atoms with E-state index < -0.39 is 0 Å². The number of piperidine rings is 1. The second-order valence-electron chi connectivity index (χ2n) is 6.85. The summed E-state index contributed by atoms with van der Waals surface area (Å²) in [5, 5.41) is 0. The van der Waals surface area contributed by atoms with Crippen molar-refractivity contribution in [2.24, 2.45) is 0 Å². The number of pyridine rings is 1. The van der Waals surface area contributed by atoms with Crippen LogP contribution < -0.4 is 9.80 Å². The lowest BCUT2D eigenvalue weighted by Crippen LogP contribution is -3.11. The minimum atomic E-state index is 0.101. The molecule has 1 N–H and O–H groups in total.